The van der Waals surface area contributed by atoms with E-state index in [4.69, 9.17) is 16.3 Å². The summed E-state index contributed by atoms with van der Waals surface area (Å²) in [4.78, 5) is 14.3. The van der Waals surface area contributed by atoms with Crippen LogP contribution in [0, 0.1) is 0 Å². The fourth-order valence-corrected chi connectivity index (χ4v) is 4.02. The van der Waals surface area contributed by atoms with E-state index in [-0.39, 0.29) is 10.9 Å². The van der Waals surface area contributed by atoms with Gasteiger partial charge in [-0.2, -0.15) is 0 Å². The van der Waals surface area contributed by atoms with Gasteiger partial charge in [0.15, 0.2) is 9.84 Å². The van der Waals surface area contributed by atoms with Crippen LogP contribution < -0.4 is 0 Å². The van der Waals surface area contributed by atoms with Crippen molar-refractivity contribution < 1.29 is 17.9 Å². The average molecular weight is 346 g/mol. The van der Waals surface area contributed by atoms with Crippen LogP contribution in [0.1, 0.15) is 20.3 Å². The fourth-order valence-electron chi connectivity index (χ4n) is 2.44. The smallest absolute Gasteiger partial charge is 0.243 e. The van der Waals surface area contributed by atoms with E-state index in [9.17, 15) is 13.2 Å². The minimum absolute atomic E-state index is 0.0767. The summed E-state index contributed by atoms with van der Waals surface area (Å²) in [6.45, 7) is 3.91. The van der Waals surface area contributed by atoms with Gasteiger partial charge in [-0.1, -0.05) is 11.6 Å². The third-order valence-corrected chi connectivity index (χ3v) is 6.75. The molecular formula is C15H20ClNO4S. The molecule has 1 unspecified atom stereocenters. The summed E-state index contributed by atoms with van der Waals surface area (Å²) < 4.78 is 29.3. The van der Waals surface area contributed by atoms with Crippen LogP contribution in [0.3, 0.4) is 0 Å². The van der Waals surface area contributed by atoms with Gasteiger partial charge >= 0.3 is 0 Å². The predicted octanol–water partition coefficient (Wildman–Crippen LogP) is 2.14. The number of halogens is 1. The van der Waals surface area contributed by atoms with Crippen LogP contribution in [0.4, 0.5) is 0 Å². The summed E-state index contributed by atoms with van der Waals surface area (Å²) in [7, 11) is -2.19. The maximum absolute atomic E-state index is 12.8. The van der Waals surface area contributed by atoms with E-state index in [1.807, 2.05) is 0 Å². The van der Waals surface area contributed by atoms with Crippen molar-refractivity contribution >= 4 is 27.3 Å². The minimum Gasteiger partial charge on any atom is -0.379 e. The zero-order valence-corrected chi connectivity index (χ0v) is 14.4. The minimum atomic E-state index is -3.82. The second-order valence-electron chi connectivity index (χ2n) is 5.90. The Morgan fingerprint density at radius 1 is 1.32 bits per heavy atom. The fraction of sp³-hybridized carbons (Fsp3) is 0.533. The third kappa shape index (κ3) is 3.00. The highest BCUT2D eigenvalue weighted by Crippen LogP contribution is 2.29. The maximum Gasteiger partial charge on any atom is 0.243 e. The first-order chi connectivity index (χ1) is 10.2. The first-order valence-electron chi connectivity index (χ1n) is 7.03. The summed E-state index contributed by atoms with van der Waals surface area (Å²) in [6.07, 6.45) is 0.722. The number of rotatable bonds is 4. The largest absolute Gasteiger partial charge is 0.379 e. The van der Waals surface area contributed by atoms with Gasteiger partial charge in [-0.3, -0.25) is 4.79 Å². The van der Waals surface area contributed by atoms with E-state index in [2.05, 4.69) is 0 Å². The number of sulfone groups is 1. The van der Waals surface area contributed by atoms with Crippen LogP contribution in [0.15, 0.2) is 29.2 Å². The van der Waals surface area contributed by atoms with Crippen molar-refractivity contribution in [1.29, 1.82) is 0 Å². The summed E-state index contributed by atoms with van der Waals surface area (Å²) >= 11 is 5.79. The number of benzene rings is 1. The molecule has 7 heteroatoms. The van der Waals surface area contributed by atoms with E-state index >= 15 is 0 Å². The second-order valence-corrected chi connectivity index (χ2v) is 8.84. The lowest BCUT2D eigenvalue weighted by molar-refractivity contribution is -0.134. The second kappa shape index (κ2) is 6.18. The number of hydrogen-bond acceptors (Lipinski definition) is 4. The van der Waals surface area contributed by atoms with E-state index in [1.54, 1.807) is 7.05 Å². The summed E-state index contributed by atoms with van der Waals surface area (Å²) in [5, 5.41) is 0.448. The lowest BCUT2D eigenvalue weighted by atomic mass is 10.1. The van der Waals surface area contributed by atoms with Crippen LogP contribution in [0.25, 0.3) is 0 Å². The van der Waals surface area contributed by atoms with Gasteiger partial charge < -0.3 is 9.64 Å². The molecule has 122 valence electrons. The lowest BCUT2D eigenvalue weighted by Gasteiger charge is -2.32. The zero-order valence-electron chi connectivity index (χ0n) is 12.9. The highest BCUT2D eigenvalue weighted by Gasteiger charge is 2.45. The van der Waals surface area contributed by atoms with Gasteiger partial charge in [-0.15, -0.1) is 0 Å². The maximum atomic E-state index is 12.8. The standard InChI is InChI=1S/C15H20ClNO4S/c1-15(2,14(18)17(3)12-8-9-21-10-12)22(19,20)13-6-4-11(16)5-7-13/h4-7,12H,8-10H2,1-3H3. The van der Waals surface area contributed by atoms with Gasteiger partial charge in [0, 0.05) is 18.7 Å². The molecule has 22 heavy (non-hydrogen) atoms. The van der Waals surface area contributed by atoms with Gasteiger partial charge in [-0.25, -0.2) is 8.42 Å². The Labute approximate surface area is 136 Å². The predicted molar refractivity (Wildman–Crippen MR) is 84.7 cm³/mol. The molecule has 0 aromatic heterocycles. The van der Waals surface area contributed by atoms with Gasteiger partial charge in [0.25, 0.3) is 0 Å². The van der Waals surface area contributed by atoms with Gasteiger partial charge in [0.05, 0.1) is 17.5 Å². The van der Waals surface area contributed by atoms with E-state index < -0.39 is 20.5 Å². The Morgan fingerprint density at radius 3 is 2.41 bits per heavy atom. The molecule has 1 heterocycles. The Kier molecular flexibility index (Phi) is 4.84. The number of ether oxygens (including phenoxy) is 1. The quantitative estimate of drug-likeness (QED) is 0.838. The molecule has 5 nitrogen and oxygen atoms in total. The molecule has 0 bridgehead atoms. The van der Waals surface area contributed by atoms with Crippen LogP contribution in [-0.4, -0.2) is 50.3 Å². The Balaban J connectivity index is 2.31. The topological polar surface area (TPSA) is 63.7 Å². The van der Waals surface area contributed by atoms with Crippen LogP contribution in [0.5, 0.6) is 0 Å². The normalized spacial score (nSPS) is 19.2. The van der Waals surface area contributed by atoms with Gasteiger partial charge in [0.2, 0.25) is 5.91 Å². The molecule has 0 saturated carbocycles. The van der Waals surface area contributed by atoms with Gasteiger partial charge in [0.1, 0.15) is 4.75 Å². The molecule has 1 fully saturated rings. The monoisotopic (exact) mass is 345 g/mol. The van der Waals surface area contributed by atoms with Crippen molar-refractivity contribution in [2.75, 3.05) is 20.3 Å². The number of amides is 1. The molecule has 0 aliphatic carbocycles. The van der Waals surface area contributed by atoms with Gasteiger partial charge in [-0.05, 0) is 44.5 Å². The Morgan fingerprint density at radius 2 is 1.91 bits per heavy atom. The Bertz CT molecular complexity index is 649. The highest BCUT2D eigenvalue weighted by atomic mass is 35.5. The van der Waals surface area contributed by atoms with E-state index in [1.165, 1.54) is 43.0 Å². The Hall–Kier alpha value is -1.11. The van der Waals surface area contributed by atoms with Crippen molar-refractivity contribution in [3.8, 4) is 0 Å². The molecule has 1 aliphatic heterocycles. The summed E-state index contributed by atoms with van der Waals surface area (Å²) in [6, 6.07) is 5.77. The lowest BCUT2D eigenvalue weighted by Crippen LogP contribution is -2.52. The molecule has 0 radical (unpaired) electrons. The summed E-state index contributed by atoms with van der Waals surface area (Å²) in [5.74, 6) is -0.432. The average Bonchev–Trinajstić information content (AvgIpc) is 3.00. The first-order valence-corrected chi connectivity index (χ1v) is 8.89. The summed E-state index contributed by atoms with van der Waals surface area (Å²) in [5.41, 5.74) is 0. The van der Waals surface area contributed by atoms with Crippen LogP contribution in [-0.2, 0) is 19.4 Å². The van der Waals surface area contributed by atoms with Crippen molar-refractivity contribution in [3.63, 3.8) is 0 Å². The van der Waals surface area contributed by atoms with Crippen LogP contribution in [0.2, 0.25) is 5.02 Å². The molecule has 0 N–H and O–H groups in total. The molecule has 1 atom stereocenters. The molecular weight excluding hydrogens is 326 g/mol. The molecule has 1 aromatic carbocycles. The molecule has 1 amide bonds. The van der Waals surface area contributed by atoms with E-state index in [0.717, 1.165) is 6.42 Å². The number of carbonyl (C=O) groups excluding carboxylic acids is 1. The van der Waals surface area contributed by atoms with E-state index in [0.29, 0.717) is 18.2 Å². The number of carbonyl (C=O) groups is 1. The SMILES string of the molecule is CN(C(=O)C(C)(C)S(=O)(=O)c1ccc(Cl)cc1)C1CCOC1. The highest BCUT2D eigenvalue weighted by molar-refractivity contribution is 7.93. The molecule has 2 rings (SSSR count). The van der Waals surface area contributed by atoms with Crippen molar-refractivity contribution in [1.82, 2.24) is 4.90 Å². The third-order valence-electron chi connectivity index (χ3n) is 4.08. The zero-order chi connectivity index (χ0) is 16.5. The molecule has 1 saturated heterocycles. The number of hydrogen-bond donors (Lipinski definition) is 0. The number of nitrogens with zero attached hydrogens (tertiary/aromatic N) is 1. The molecule has 1 aromatic rings. The van der Waals surface area contributed by atoms with Crippen molar-refractivity contribution in [2.45, 2.75) is 36.0 Å². The van der Waals surface area contributed by atoms with Crippen LogP contribution >= 0.6 is 11.6 Å². The van der Waals surface area contributed by atoms with Crippen molar-refractivity contribution in [3.05, 3.63) is 29.3 Å². The molecule has 1 aliphatic rings. The molecule has 0 spiro atoms. The van der Waals surface area contributed by atoms with Crippen molar-refractivity contribution in [2.24, 2.45) is 0 Å². The first kappa shape index (κ1) is 17.2. The number of likely N-dealkylation sites (N-methyl/N-ethyl adjacent to an activating group) is 1.